The van der Waals surface area contributed by atoms with Crippen molar-refractivity contribution in [3.8, 4) is 5.75 Å². The zero-order valence-electron chi connectivity index (χ0n) is 13.9. The van der Waals surface area contributed by atoms with E-state index in [0.29, 0.717) is 12.1 Å². The molecule has 4 heteroatoms. The number of methoxy groups -OCH3 is 1. The van der Waals surface area contributed by atoms with Crippen molar-refractivity contribution in [1.29, 1.82) is 0 Å². The molecule has 1 aromatic rings. The van der Waals surface area contributed by atoms with E-state index in [1.807, 2.05) is 12.1 Å². The molecular formula is C18H29N3O. The van der Waals surface area contributed by atoms with Gasteiger partial charge in [-0.05, 0) is 37.3 Å². The summed E-state index contributed by atoms with van der Waals surface area (Å²) in [5, 5.41) is 0. The Morgan fingerprint density at radius 2 is 1.82 bits per heavy atom. The fourth-order valence-electron chi connectivity index (χ4n) is 3.98. The van der Waals surface area contributed by atoms with E-state index in [-0.39, 0.29) is 0 Å². The van der Waals surface area contributed by atoms with E-state index in [2.05, 4.69) is 28.9 Å². The first kappa shape index (κ1) is 15.6. The molecule has 2 N–H and O–H groups in total. The molecule has 1 saturated carbocycles. The minimum absolute atomic E-state index is 0.356. The predicted molar refractivity (Wildman–Crippen MR) is 91.6 cm³/mol. The lowest BCUT2D eigenvalue weighted by Gasteiger charge is -2.45. The Labute approximate surface area is 134 Å². The van der Waals surface area contributed by atoms with E-state index in [9.17, 15) is 0 Å². The van der Waals surface area contributed by atoms with Crippen molar-refractivity contribution in [3.63, 3.8) is 0 Å². The molecule has 2 fully saturated rings. The molecule has 0 bridgehead atoms. The van der Waals surface area contributed by atoms with Crippen molar-refractivity contribution < 1.29 is 4.74 Å². The highest BCUT2D eigenvalue weighted by Crippen LogP contribution is 2.31. The summed E-state index contributed by atoms with van der Waals surface area (Å²) in [5.74, 6) is 1.79. The molecule has 1 heterocycles. The quantitative estimate of drug-likeness (QED) is 0.930. The van der Waals surface area contributed by atoms with Crippen molar-refractivity contribution in [1.82, 2.24) is 4.90 Å². The minimum Gasteiger partial charge on any atom is -0.495 e. The van der Waals surface area contributed by atoms with Crippen molar-refractivity contribution in [2.45, 2.75) is 38.3 Å². The van der Waals surface area contributed by atoms with Crippen LogP contribution in [0.1, 0.15) is 26.2 Å². The number of piperazine rings is 1. The lowest BCUT2D eigenvalue weighted by molar-refractivity contribution is 0.110. The molecule has 0 radical (unpaired) electrons. The topological polar surface area (TPSA) is 41.7 Å². The summed E-state index contributed by atoms with van der Waals surface area (Å²) in [6.07, 6.45) is 3.73. The van der Waals surface area contributed by atoms with Crippen LogP contribution in [0.5, 0.6) is 5.75 Å². The van der Waals surface area contributed by atoms with E-state index in [4.69, 9.17) is 10.5 Å². The van der Waals surface area contributed by atoms with Crippen molar-refractivity contribution in [3.05, 3.63) is 24.3 Å². The van der Waals surface area contributed by atoms with Crippen LogP contribution in [0, 0.1) is 5.92 Å². The maximum atomic E-state index is 6.39. The Balaban J connectivity index is 1.62. The van der Waals surface area contributed by atoms with Gasteiger partial charge in [0.15, 0.2) is 0 Å². The van der Waals surface area contributed by atoms with E-state index in [0.717, 1.165) is 37.8 Å². The largest absolute Gasteiger partial charge is 0.495 e. The summed E-state index contributed by atoms with van der Waals surface area (Å²) < 4.78 is 5.50. The fraction of sp³-hybridized carbons (Fsp3) is 0.667. The number of hydrogen-bond donors (Lipinski definition) is 1. The Hall–Kier alpha value is -1.26. The van der Waals surface area contributed by atoms with Crippen molar-refractivity contribution in [2.75, 3.05) is 38.2 Å². The molecule has 3 unspecified atom stereocenters. The van der Waals surface area contributed by atoms with Gasteiger partial charge in [-0.1, -0.05) is 19.1 Å². The van der Waals surface area contributed by atoms with Crippen LogP contribution in [-0.4, -0.2) is 50.3 Å². The first-order valence-corrected chi connectivity index (χ1v) is 8.56. The molecule has 2 aliphatic rings. The van der Waals surface area contributed by atoms with Gasteiger partial charge in [0.1, 0.15) is 5.75 Å². The van der Waals surface area contributed by atoms with Gasteiger partial charge in [-0.2, -0.15) is 0 Å². The average Bonchev–Trinajstić information content (AvgIpc) is 2.57. The zero-order valence-corrected chi connectivity index (χ0v) is 13.9. The first-order valence-electron chi connectivity index (χ1n) is 8.56. The maximum absolute atomic E-state index is 6.39. The Kier molecular flexibility index (Phi) is 4.89. The van der Waals surface area contributed by atoms with Gasteiger partial charge < -0.3 is 15.4 Å². The van der Waals surface area contributed by atoms with Crippen LogP contribution >= 0.6 is 0 Å². The summed E-state index contributed by atoms with van der Waals surface area (Å²) in [4.78, 5) is 5.05. The lowest BCUT2D eigenvalue weighted by atomic mass is 9.82. The highest BCUT2D eigenvalue weighted by molar-refractivity contribution is 5.58. The van der Waals surface area contributed by atoms with Gasteiger partial charge in [-0.3, -0.25) is 4.90 Å². The Morgan fingerprint density at radius 1 is 1.09 bits per heavy atom. The van der Waals surface area contributed by atoms with Gasteiger partial charge in [0.05, 0.1) is 12.8 Å². The first-order chi connectivity index (χ1) is 10.7. The second kappa shape index (κ2) is 6.88. The van der Waals surface area contributed by atoms with Crippen LogP contribution in [0.4, 0.5) is 5.69 Å². The SMILES string of the molecule is COc1ccccc1N1CCN(C2CC(C)CCC2N)CC1. The summed E-state index contributed by atoms with van der Waals surface area (Å²) in [5.41, 5.74) is 7.60. The molecule has 1 saturated heterocycles. The molecule has 3 atom stereocenters. The fourth-order valence-corrected chi connectivity index (χ4v) is 3.98. The number of ether oxygens (including phenoxy) is 1. The van der Waals surface area contributed by atoms with E-state index >= 15 is 0 Å². The number of nitrogens with two attached hydrogens (primary N) is 1. The van der Waals surface area contributed by atoms with Crippen molar-refractivity contribution in [2.24, 2.45) is 11.7 Å². The number of anilines is 1. The molecule has 0 spiro atoms. The Morgan fingerprint density at radius 3 is 2.55 bits per heavy atom. The molecule has 0 amide bonds. The van der Waals surface area contributed by atoms with E-state index in [1.165, 1.54) is 24.9 Å². The highest BCUT2D eigenvalue weighted by Gasteiger charge is 2.32. The predicted octanol–water partition coefficient (Wildman–Crippen LogP) is 2.33. The maximum Gasteiger partial charge on any atom is 0.142 e. The zero-order chi connectivity index (χ0) is 15.5. The second-order valence-corrected chi connectivity index (χ2v) is 6.84. The van der Waals surface area contributed by atoms with Crippen molar-refractivity contribution >= 4 is 5.69 Å². The number of hydrogen-bond acceptors (Lipinski definition) is 4. The minimum atomic E-state index is 0.356. The van der Waals surface area contributed by atoms with E-state index < -0.39 is 0 Å². The molecular weight excluding hydrogens is 274 g/mol. The molecule has 4 nitrogen and oxygen atoms in total. The monoisotopic (exact) mass is 303 g/mol. The summed E-state index contributed by atoms with van der Waals surface area (Å²) >= 11 is 0. The molecule has 1 aliphatic heterocycles. The normalized spacial score (nSPS) is 30.3. The van der Waals surface area contributed by atoms with Crippen LogP contribution in [0.15, 0.2) is 24.3 Å². The number of rotatable bonds is 3. The van der Waals surface area contributed by atoms with Crippen LogP contribution in [0.3, 0.4) is 0 Å². The van der Waals surface area contributed by atoms with Gasteiger partial charge in [-0.15, -0.1) is 0 Å². The van der Waals surface area contributed by atoms with Gasteiger partial charge >= 0.3 is 0 Å². The van der Waals surface area contributed by atoms with Crippen LogP contribution in [0.25, 0.3) is 0 Å². The van der Waals surface area contributed by atoms with Crippen LogP contribution < -0.4 is 15.4 Å². The summed E-state index contributed by atoms with van der Waals surface area (Å²) in [6.45, 7) is 6.67. The molecule has 22 heavy (non-hydrogen) atoms. The lowest BCUT2D eigenvalue weighted by Crippen LogP contribution is -2.57. The molecule has 1 aromatic carbocycles. The number of benzene rings is 1. The third kappa shape index (κ3) is 3.23. The third-order valence-electron chi connectivity index (χ3n) is 5.34. The highest BCUT2D eigenvalue weighted by atomic mass is 16.5. The molecule has 0 aromatic heterocycles. The smallest absolute Gasteiger partial charge is 0.142 e. The van der Waals surface area contributed by atoms with E-state index in [1.54, 1.807) is 7.11 Å². The third-order valence-corrected chi connectivity index (χ3v) is 5.34. The molecule has 122 valence electrons. The summed E-state index contributed by atoms with van der Waals surface area (Å²) in [7, 11) is 1.75. The average molecular weight is 303 g/mol. The number of nitrogens with zero attached hydrogens (tertiary/aromatic N) is 2. The van der Waals surface area contributed by atoms with Gasteiger partial charge in [0.2, 0.25) is 0 Å². The van der Waals surface area contributed by atoms with Crippen LogP contribution in [0.2, 0.25) is 0 Å². The molecule has 1 aliphatic carbocycles. The number of para-hydroxylation sites is 2. The van der Waals surface area contributed by atoms with Gasteiger partial charge in [-0.25, -0.2) is 0 Å². The van der Waals surface area contributed by atoms with Crippen LogP contribution in [-0.2, 0) is 0 Å². The van der Waals surface area contributed by atoms with Gasteiger partial charge in [0, 0.05) is 38.3 Å². The Bertz CT molecular complexity index is 485. The van der Waals surface area contributed by atoms with Gasteiger partial charge in [0.25, 0.3) is 0 Å². The second-order valence-electron chi connectivity index (χ2n) is 6.84. The summed E-state index contributed by atoms with van der Waals surface area (Å²) in [6, 6.07) is 9.24. The molecule has 3 rings (SSSR count). The standard InChI is InChI=1S/C18H29N3O/c1-14-7-8-15(19)17(13-14)21-11-9-20(10-12-21)16-5-3-4-6-18(16)22-2/h3-6,14-15,17H,7-13,19H2,1-2H3.